The van der Waals surface area contributed by atoms with E-state index in [-0.39, 0.29) is 18.5 Å². The molecule has 0 spiro atoms. The molecule has 0 rings (SSSR count). The molecule has 0 saturated carbocycles. The number of carbonyl (C=O) groups excluding carboxylic acids is 2. The molecule has 0 aromatic rings. The molecular weight excluding hydrogens is 935 g/mol. The maximum Gasteiger partial charge on any atom is 0.305 e. The highest BCUT2D eigenvalue weighted by Gasteiger charge is 2.18. The minimum absolute atomic E-state index is 0.0105. The van der Waals surface area contributed by atoms with Crippen molar-refractivity contribution in [2.45, 2.75) is 373 Å². The number of hydrogen-bond donors (Lipinski definition) is 3. The van der Waals surface area contributed by atoms with Crippen LogP contribution in [0.2, 0.25) is 0 Å². The summed E-state index contributed by atoms with van der Waals surface area (Å²) in [5.74, 6) is -0.0578. The molecule has 76 heavy (non-hydrogen) atoms. The number of esters is 1. The van der Waals surface area contributed by atoms with Gasteiger partial charge in [0.25, 0.3) is 0 Å². The van der Waals surface area contributed by atoms with Gasteiger partial charge in [0.2, 0.25) is 5.91 Å². The molecule has 6 nitrogen and oxygen atoms in total. The van der Waals surface area contributed by atoms with Gasteiger partial charge in [-0.2, -0.15) is 0 Å². The topological polar surface area (TPSA) is 95.9 Å². The molecule has 0 saturated heterocycles. The molecule has 0 aromatic carbocycles. The molecule has 2 atom stereocenters. The zero-order valence-corrected chi connectivity index (χ0v) is 51.0. The third-order valence-corrected chi connectivity index (χ3v) is 15.6. The van der Waals surface area contributed by atoms with Gasteiger partial charge >= 0.3 is 5.97 Å². The summed E-state index contributed by atoms with van der Waals surface area (Å²) in [6, 6.07) is -0.625. The fraction of sp³-hybridized carbons (Fsp3) is 0.857. The Morgan fingerprint density at radius 2 is 0.658 bits per heavy atom. The van der Waals surface area contributed by atoms with Gasteiger partial charge in [0, 0.05) is 12.8 Å². The van der Waals surface area contributed by atoms with Crippen LogP contribution < -0.4 is 5.32 Å². The Balaban J connectivity index is 3.36. The van der Waals surface area contributed by atoms with Crippen LogP contribution in [0, 0.1) is 0 Å². The Kier molecular flexibility index (Phi) is 63.5. The lowest BCUT2D eigenvalue weighted by Crippen LogP contribution is -2.45. The second-order valence-corrected chi connectivity index (χ2v) is 23.1. The van der Waals surface area contributed by atoms with Crippen molar-refractivity contribution in [3.8, 4) is 0 Å². The summed E-state index contributed by atoms with van der Waals surface area (Å²) in [4.78, 5) is 24.5. The summed E-state index contributed by atoms with van der Waals surface area (Å²) in [6.07, 6.45) is 84.9. The van der Waals surface area contributed by atoms with Crippen LogP contribution in [0.1, 0.15) is 361 Å². The first-order valence-corrected chi connectivity index (χ1v) is 33.9. The van der Waals surface area contributed by atoms with Crippen molar-refractivity contribution < 1.29 is 24.5 Å². The van der Waals surface area contributed by atoms with E-state index < -0.39 is 12.1 Å². The number of rotatable bonds is 63. The van der Waals surface area contributed by atoms with Crippen molar-refractivity contribution in [2.75, 3.05) is 13.2 Å². The number of allylic oxidation sites excluding steroid dienone is 7. The number of unbranched alkanes of at least 4 members (excludes halogenated alkanes) is 46. The van der Waals surface area contributed by atoms with E-state index in [0.717, 1.165) is 51.4 Å². The van der Waals surface area contributed by atoms with Gasteiger partial charge in [0.05, 0.1) is 25.4 Å². The summed E-state index contributed by atoms with van der Waals surface area (Å²) in [7, 11) is 0. The Bertz CT molecular complexity index is 1270. The Labute approximate surface area is 474 Å². The number of hydrogen-bond acceptors (Lipinski definition) is 5. The maximum atomic E-state index is 12.4. The van der Waals surface area contributed by atoms with Gasteiger partial charge in [-0.05, 0) is 89.9 Å². The van der Waals surface area contributed by atoms with Crippen LogP contribution in [0.25, 0.3) is 0 Å². The molecule has 0 aliphatic carbocycles. The first-order chi connectivity index (χ1) is 37.5. The van der Waals surface area contributed by atoms with Crippen LogP contribution in [-0.4, -0.2) is 47.4 Å². The van der Waals surface area contributed by atoms with Crippen molar-refractivity contribution >= 4 is 11.9 Å². The molecule has 0 aliphatic heterocycles. The van der Waals surface area contributed by atoms with Crippen LogP contribution in [0.5, 0.6) is 0 Å². The van der Waals surface area contributed by atoms with Crippen LogP contribution >= 0.6 is 0 Å². The molecule has 6 heteroatoms. The minimum Gasteiger partial charge on any atom is -0.466 e. The van der Waals surface area contributed by atoms with E-state index in [1.807, 2.05) is 6.08 Å². The zero-order valence-electron chi connectivity index (χ0n) is 51.0. The first kappa shape index (κ1) is 73.8. The van der Waals surface area contributed by atoms with Gasteiger partial charge in [-0.3, -0.25) is 9.59 Å². The highest BCUT2D eigenvalue weighted by Crippen LogP contribution is 2.17. The maximum absolute atomic E-state index is 12.4. The smallest absolute Gasteiger partial charge is 0.305 e. The highest BCUT2D eigenvalue weighted by molar-refractivity contribution is 5.76. The summed E-state index contributed by atoms with van der Waals surface area (Å²) < 4.78 is 5.50. The minimum atomic E-state index is -0.841. The summed E-state index contributed by atoms with van der Waals surface area (Å²) in [5.41, 5.74) is 0. The first-order valence-electron chi connectivity index (χ1n) is 33.9. The van der Waals surface area contributed by atoms with E-state index in [2.05, 4.69) is 55.6 Å². The molecule has 0 radical (unpaired) electrons. The third kappa shape index (κ3) is 61.0. The van der Waals surface area contributed by atoms with Crippen molar-refractivity contribution in [1.29, 1.82) is 0 Å². The Morgan fingerprint density at radius 1 is 0.368 bits per heavy atom. The largest absolute Gasteiger partial charge is 0.466 e. The third-order valence-electron chi connectivity index (χ3n) is 15.6. The van der Waals surface area contributed by atoms with Crippen LogP contribution in [0.4, 0.5) is 0 Å². The molecular formula is C70H131NO5. The lowest BCUT2D eigenvalue weighted by molar-refractivity contribution is -0.143. The normalized spacial score (nSPS) is 12.8. The fourth-order valence-electron chi connectivity index (χ4n) is 10.4. The molecule has 0 heterocycles. The number of nitrogens with one attached hydrogen (secondary N) is 1. The second kappa shape index (κ2) is 65.3. The number of aliphatic hydroxyl groups excluding tert-OH is 2. The predicted octanol–water partition coefficient (Wildman–Crippen LogP) is 21.7. The Hall–Kier alpha value is -2.18. The summed E-state index contributed by atoms with van der Waals surface area (Å²) in [5, 5.41) is 23.0. The van der Waals surface area contributed by atoms with E-state index in [0.29, 0.717) is 19.4 Å². The Morgan fingerprint density at radius 3 is 1.01 bits per heavy atom. The molecule has 2 unspecified atom stereocenters. The van der Waals surface area contributed by atoms with E-state index >= 15 is 0 Å². The standard InChI is InChI=1S/C70H131NO5/c1-3-5-7-9-11-13-14-15-16-34-38-41-44-48-52-56-60-64-70(75)76-65-61-57-53-49-45-42-39-36-33-31-29-27-25-23-21-19-17-18-20-22-24-26-28-30-32-35-37-40-43-47-51-55-59-63-69(74)71-67(66-72)68(73)62-58-54-50-46-12-10-8-6-4-2/h15-16,21,23,27,29,58,62,67-68,72-73H,3-14,17-20,22,24-26,28,30-57,59-61,63-66H2,1-2H3,(H,71,74)/b16-15-,23-21-,29-27-,62-58+. The second-order valence-electron chi connectivity index (χ2n) is 23.1. The number of aliphatic hydroxyl groups is 2. The van der Waals surface area contributed by atoms with E-state index in [9.17, 15) is 19.8 Å². The van der Waals surface area contributed by atoms with Gasteiger partial charge in [-0.25, -0.2) is 0 Å². The van der Waals surface area contributed by atoms with Crippen molar-refractivity contribution in [2.24, 2.45) is 0 Å². The van der Waals surface area contributed by atoms with Crippen molar-refractivity contribution in [3.63, 3.8) is 0 Å². The number of carbonyl (C=O) groups is 2. The van der Waals surface area contributed by atoms with Gasteiger partial charge in [-0.15, -0.1) is 0 Å². The van der Waals surface area contributed by atoms with Gasteiger partial charge in [0.1, 0.15) is 0 Å². The zero-order chi connectivity index (χ0) is 55.0. The molecule has 3 N–H and O–H groups in total. The van der Waals surface area contributed by atoms with Crippen LogP contribution in [-0.2, 0) is 14.3 Å². The SMILES string of the molecule is CCCCCCCC/C=C\CCCCCCCCCC(=O)OCCCCCCCCCCC/C=C\C/C=C\CCCCCCCCCCCCCCCCCCCC(=O)NC(CO)C(O)/C=C/CCCCCCCCC. The van der Waals surface area contributed by atoms with E-state index in [1.54, 1.807) is 6.08 Å². The van der Waals surface area contributed by atoms with Crippen LogP contribution in [0.3, 0.4) is 0 Å². The van der Waals surface area contributed by atoms with Crippen molar-refractivity contribution in [3.05, 3.63) is 48.6 Å². The molecule has 0 fully saturated rings. The van der Waals surface area contributed by atoms with Gasteiger partial charge in [0.15, 0.2) is 0 Å². The lowest BCUT2D eigenvalue weighted by Gasteiger charge is -2.20. The lowest BCUT2D eigenvalue weighted by atomic mass is 10.0. The molecule has 0 aromatic heterocycles. The number of ether oxygens (including phenoxy) is 1. The van der Waals surface area contributed by atoms with Crippen molar-refractivity contribution in [1.82, 2.24) is 5.32 Å². The summed E-state index contributed by atoms with van der Waals surface area (Å²) in [6.45, 7) is 4.88. The van der Waals surface area contributed by atoms with Crippen LogP contribution in [0.15, 0.2) is 48.6 Å². The van der Waals surface area contributed by atoms with Gasteiger partial charge < -0.3 is 20.3 Å². The predicted molar refractivity (Wildman–Crippen MR) is 333 cm³/mol. The highest BCUT2D eigenvalue weighted by atomic mass is 16.5. The monoisotopic (exact) mass is 1070 g/mol. The average Bonchev–Trinajstić information content (AvgIpc) is 3.42. The molecule has 446 valence electrons. The van der Waals surface area contributed by atoms with E-state index in [4.69, 9.17) is 4.74 Å². The molecule has 0 aliphatic rings. The summed E-state index contributed by atoms with van der Waals surface area (Å²) >= 11 is 0. The fourth-order valence-corrected chi connectivity index (χ4v) is 10.4. The quantitative estimate of drug-likeness (QED) is 0.0320. The molecule has 0 bridgehead atoms. The number of amides is 1. The van der Waals surface area contributed by atoms with E-state index in [1.165, 1.54) is 283 Å². The average molecular weight is 1070 g/mol. The van der Waals surface area contributed by atoms with Gasteiger partial charge in [-0.1, -0.05) is 306 Å². The molecule has 1 amide bonds.